The summed E-state index contributed by atoms with van der Waals surface area (Å²) in [4.78, 5) is 13.8. The number of ether oxygens (including phenoxy) is 1. The van der Waals surface area contributed by atoms with Gasteiger partial charge in [0.15, 0.2) is 0 Å². The zero-order valence-electron chi connectivity index (χ0n) is 10.4. The number of benzene rings is 1. The van der Waals surface area contributed by atoms with E-state index in [0.717, 1.165) is 0 Å². The third-order valence-corrected chi connectivity index (χ3v) is 2.42. The molecule has 0 unspecified atom stereocenters. The lowest BCUT2D eigenvalue weighted by atomic mass is 10.1. The lowest BCUT2D eigenvalue weighted by Gasteiger charge is -2.21. The SMILES string of the molecule is C=CCN(CC=C)C(=O)c1c(O)cccc1OC. The fourth-order valence-electron chi connectivity index (χ4n) is 1.61. The molecule has 0 bridgehead atoms. The molecule has 96 valence electrons. The fraction of sp³-hybridized carbons (Fsp3) is 0.214. The molecule has 0 saturated carbocycles. The predicted molar refractivity (Wildman–Crippen MR) is 71.0 cm³/mol. The van der Waals surface area contributed by atoms with Crippen molar-refractivity contribution in [3.8, 4) is 11.5 Å². The van der Waals surface area contributed by atoms with Gasteiger partial charge in [-0.05, 0) is 12.1 Å². The molecule has 1 N–H and O–H groups in total. The van der Waals surface area contributed by atoms with Crippen LogP contribution in [-0.2, 0) is 0 Å². The van der Waals surface area contributed by atoms with Crippen LogP contribution in [0.25, 0.3) is 0 Å². The largest absolute Gasteiger partial charge is 0.507 e. The minimum absolute atomic E-state index is 0.0996. The summed E-state index contributed by atoms with van der Waals surface area (Å²) in [6, 6.07) is 4.71. The number of hydrogen-bond donors (Lipinski definition) is 1. The van der Waals surface area contributed by atoms with Gasteiger partial charge in [0.05, 0.1) is 7.11 Å². The quantitative estimate of drug-likeness (QED) is 0.784. The summed E-state index contributed by atoms with van der Waals surface area (Å²) in [6.45, 7) is 7.96. The molecule has 0 aliphatic rings. The van der Waals surface area contributed by atoms with Crippen molar-refractivity contribution >= 4 is 5.91 Å². The van der Waals surface area contributed by atoms with Crippen molar-refractivity contribution in [1.82, 2.24) is 4.90 Å². The molecule has 0 aromatic heterocycles. The Morgan fingerprint density at radius 1 is 1.39 bits per heavy atom. The minimum Gasteiger partial charge on any atom is -0.507 e. The van der Waals surface area contributed by atoms with Gasteiger partial charge in [-0.2, -0.15) is 0 Å². The first-order chi connectivity index (χ1) is 8.65. The molecule has 18 heavy (non-hydrogen) atoms. The van der Waals surface area contributed by atoms with E-state index in [4.69, 9.17) is 4.74 Å². The van der Waals surface area contributed by atoms with Gasteiger partial charge in [0, 0.05) is 13.1 Å². The molecule has 1 aromatic rings. The van der Waals surface area contributed by atoms with Crippen molar-refractivity contribution in [3.05, 3.63) is 49.1 Å². The smallest absolute Gasteiger partial charge is 0.261 e. The molecule has 1 amide bonds. The number of hydrogen-bond acceptors (Lipinski definition) is 3. The summed E-state index contributed by atoms with van der Waals surface area (Å²) in [5.41, 5.74) is 0.156. The topological polar surface area (TPSA) is 49.8 Å². The number of phenolic OH excluding ortho intramolecular Hbond substituents is 1. The van der Waals surface area contributed by atoms with E-state index in [2.05, 4.69) is 13.2 Å². The Morgan fingerprint density at radius 2 is 2.00 bits per heavy atom. The van der Waals surface area contributed by atoms with Crippen LogP contribution in [0, 0.1) is 0 Å². The zero-order valence-corrected chi connectivity index (χ0v) is 10.4. The molecular formula is C14H17NO3. The van der Waals surface area contributed by atoms with Crippen molar-refractivity contribution in [3.63, 3.8) is 0 Å². The molecule has 4 nitrogen and oxygen atoms in total. The fourth-order valence-corrected chi connectivity index (χ4v) is 1.61. The molecule has 0 fully saturated rings. The second kappa shape index (κ2) is 6.49. The van der Waals surface area contributed by atoms with Crippen LogP contribution in [0.2, 0.25) is 0 Å². The Balaban J connectivity index is 3.14. The maximum Gasteiger partial charge on any atom is 0.261 e. The lowest BCUT2D eigenvalue weighted by molar-refractivity contribution is 0.0784. The molecule has 0 radical (unpaired) electrons. The van der Waals surface area contributed by atoms with E-state index in [9.17, 15) is 9.90 Å². The Kier molecular flexibility index (Phi) is 4.99. The molecule has 0 saturated heterocycles. The van der Waals surface area contributed by atoms with Gasteiger partial charge in [-0.25, -0.2) is 0 Å². The van der Waals surface area contributed by atoms with Crippen molar-refractivity contribution in [2.24, 2.45) is 0 Å². The Labute approximate surface area is 107 Å². The number of rotatable bonds is 6. The summed E-state index contributed by atoms with van der Waals surface area (Å²) in [5, 5.41) is 9.80. The normalized spacial score (nSPS) is 9.61. The number of aromatic hydroxyl groups is 1. The van der Waals surface area contributed by atoms with E-state index in [1.54, 1.807) is 24.3 Å². The summed E-state index contributed by atoms with van der Waals surface area (Å²) < 4.78 is 5.09. The monoisotopic (exact) mass is 247 g/mol. The van der Waals surface area contributed by atoms with Crippen LogP contribution < -0.4 is 4.74 Å². The van der Waals surface area contributed by atoms with Gasteiger partial charge in [0.1, 0.15) is 17.1 Å². The predicted octanol–water partition coefficient (Wildman–Crippen LogP) is 2.21. The Hall–Kier alpha value is -2.23. The Bertz CT molecular complexity index is 444. The molecule has 4 heteroatoms. The maximum atomic E-state index is 12.3. The highest BCUT2D eigenvalue weighted by atomic mass is 16.5. The van der Waals surface area contributed by atoms with E-state index in [1.165, 1.54) is 18.1 Å². The highest BCUT2D eigenvalue weighted by molar-refractivity contribution is 5.99. The molecule has 0 spiro atoms. The van der Waals surface area contributed by atoms with Crippen molar-refractivity contribution in [2.75, 3.05) is 20.2 Å². The van der Waals surface area contributed by atoms with Crippen LogP contribution in [0.15, 0.2) is 43.5 Å². The second-order valence-electron chi connectivity index (χ2n) is 3.64. The molecule has 0 atom stereocenters. The van der Waals surface area contributed by atoms with Gasteiger partial charge in [-0.3, -0.25) is 4.79 Å². The summed E-state index contributed by atoms with van der Waals surface area (Å²) in [7, 11) is 1.46. The number of methoxy groups -OCH3 is 1. The van der Waals surface area contributed by atoms with Crippen molar-refractivity contribution in [2.45, 2.75) is 0 Å². The van der Waals surface area contributed by atoms with E-state index >= 15 is 0 Å². The van der Waals surface area contributed by atoms with Gasteiger partial charge in [-0.1, -0.05) is 18.2 Å². The average molecular weight is 247 g/mol. The first kappa shape index (κ1) is 13.8. The molecule has 1 rings (SSSR count). The molecule has 1 aromatic carbocycles. The van der Waals surface area contributed by atoms with Gasteiger partial charge in [0.2, 0.25) is 0 Å². The number of amides is 1. The van der Waals surface area contributed by atoms with Crippen LogP contribution in [0.3, 0.4) is 0 Å². The minimum atomic E-state index is -0.315. The van der Waals surface area contributed by atoms with E-state index in [0.29, 0.717) is 18.8 Å². The van der Waals surface area contributed by atoms with E-state index in [-0.39, 0.29) is 17.2 Å². The van der Waals surface area contributed by atoms with E-state index < -0.39 is 0 Å². The number of phenols is 1. The van der Waals surface area contributed by atoms with Gasteiger partial charge in [0.25, 0.3) is 5.91 Å². The van der Waals surface area contributed by atoms with Gasteiger partial charge >= 0.3 is 0 Å². The maximum absolute atomic E-state index is 12.3. The second-order valence-corrected chi connectivity index (χ2v) is 3.64. The highest BCUT2D eigenvalue weighted by Gasteiger charge is 2.21. The van der Waals surface area contributed by atoms with Gasteiger partial charge < -0.3 is 14.7 Å². The third kappa shape index (κ3) is 2.91. The molecule has 0 heterocycles. The zero-order chi connectivity index (χ0) is 13.5. The van der Waals surface area contributed by atoms with Crippen LogP contribution >= 0.6 is 0 Å². The number of carbonyl (C=O) groups excluding carboxylic acids is 1. The van der Waals surface area contributed by atoms with Crippen molar-refractivity contribution in [1.29, 1.82) is 0 Å². The first-order valence-electron chi connectivity index (χ1n) is 5.52. The third-order valence-electron chi connectivity index (χ3n) is 2.42. The highest BCUT2D eigenvalue weighted by Crippen LogP contribution is 2.28. The standard InChI is InChI=1S/C14H17NO3/c1-4-9-15(10-5-2)14(17)13-11(16)7-6-8-12(13)18-3/h4-8,16H,1-2,9-10H2,3H3. The molecular weight excluding hydrogens is 230 g/mol. The average Bonchev–Trinajstić information content (AvgIpc) is 2.37. The van der Waals surface area contributed by atoms with Crippen LogP contribution in [-0.4, -0.2) is 36.1 Å². The lowest BCUT2D eigenvalue weighted by Crippen LogP contribution is -2.31. The van der Waals surface area contributed by atoms with Gasteiger partial charge in [-0.15, -0.1) is 13.2 Å². The van der Waals surface area contributed by atoms with Crippen LogP contribution in [0.5, 0.6) is 11.5 Å². The first-order valence-corrected chi connectivity index (χ1v) is 5.52. The van der Waals surface area contributed by atoms with Crippen molar-refractivity contribution < 1.29 is 14.6 Å². The van der Waals surface area contributed by atoms with Crippen LogP contribution in [0.1, 0.15) is 10.4 Å². The Morgan fingerprint density at radius 3 is 2.50 bits per heavy atom. The molecule has 0 aliphatic carbocycles. The molecule has 0 aliphatic heterocycles. The van der Waals surface area contributed by atoms with E-state index in [1.807, 2.05) is 0 Å². The summed E-state index contributed by atoms with van der Waals surface area (Å²) >= 11 is 0. The summed E-state index contributed by atoms with van der Waals surface area (Å²) in [5.74, 6) is -0.0691. The number of carbonyl (C=O) groups is 1. The van der Waals surface area contributed by atoms with Crippen LogP contribution in [0.4, 0.5) is 0 Å². The number of nitrogens with zero attached hydrogens (tertiary/aromatic N) is 1. The summed E-state index contributed by atoms with van der Waals surface area (Å²) in [6.07, 6.45) is 3.24.